The molecule has 0 radical (unpaired) electrons. The number of carboxylic acid groups (broad SMARTS) is 1. The van der Waals surface area contributed by atoms with E-state index in [1.54, 1.807) is 22.3 Å². The lowest BCUT2D eigenvalue weighted by molar-refractivity contribution is -0.192. The summed E-state index contributed by atoms with van der Waals surface area (Å²) in [4.78, 5) is 39.6. The van der Waals surface area contributed by atoms with E-state index in [1.165, 1.54) is 129 Å². The Bertz CT molecular complexity index is 1630. The first-order chi connectivity index (χ1) is 31.5. The van der Waals surface area contributed by atoms with Crippen molar-refractivity contribution in [2.75, 3.05) is 26.2 Å². The molecule has 2 aromatic rings. The highest BCUT2D eigenvalue weighted by molar-refractivity contribution is 5.74. The van der Waals surface area contributed by atoms with Crippen molar-refractivity contribution >= 4 is 18.0 Å². The zero-order valence-corrected chi connectivity index (χ0v) is 38.7. The highest BCUT2D eigenvalue weighted by Crippen LogP contribution is 2.54. The molecule has 1 unspecified atom stereocenters. The first-order valence-corrected chi connectivity index (χ1v) is 25.6. The maximum absolute atomic E-state index is 12.5. The molecule has 8 rings (SSSR count). The number of rotatable bonds is 21. The summed E-state index contributed by atoms with van der Waals surface area (Å²) < 4.78 is 31.7. The lowest BCUT2D eigenvalue weighted by Crippen LogP contribution is -2.44. The lowest BCUT2D eigenvalue weighted by atomic mass is 9.84. The molecule has 13 heteroatoms. The number of alkyl halides is 3. The fourth-order valence-corrected chi connectivity index (χ4v) is 12.3. The summed E-state index contributed by atoms with van der Waals surface area (Å²) in [6, 6.07) is 21.6. The monoisotopic (exact) mass is 907 g/mol. The first-order valence-electron chi connectivity index (χ1n) is 25.6. The number of hydrogen-bond donors (Lipinski definition) is 5. The number of carbonyl (C=O) groups is 3. The van der Waals surface area contributed by atoms with Crippen LogP contribution in [-0.2, 0) is 4.79 Å². The molecule has 10 nitrogen and oxygen atoms in total. The van der Waals surface area contributed by atoms with Crippen molar-refractivity contribution in [2.45, 2.75) is 197 Å². The van der Waals surface area contributed by atoms with Crippen LogP contribution in [0, 0.1) is 11.8 Å². The van der Waals surface area contributed by atoms with Crippen LogP contribution < -0.4 is 21.3 Å². The Morgan fingerprint density at radius 1 is 0.492 bits per heavy atom. The molecule has 2 aromatic carbocycles. The zero-order chi connectivity index (χ0) is 45.6. The van der Waals surface area contributed by atoms with Crippen LogP contribution in [-0.4, -0.2) is 77.4 Å². The van der Waals surface area contributed by atoms with Crippen molar-refractivity contribution in [3.63, 3.8) is 0 Å². The predicted octanol–water partition coefficient (Wildman–Crippen LogP) is 11.8. The summed E-state index contributed by atoms with van der Waals surface area (Å²) >= 11 is 0. The second kappa shape index (κ2) is 24.3. The van der Waals surface area contributed by atoms with Crippen LogP contribution in [0.25, 0.3) is 0 Å². The van der Waals surface area contributed by atoms with Crippen LogP contribution in [0.4, 0.5) is 22.8 Å². The van der Waals surface area contributed by atoms with Crippen molar-refractivity contribution in [3.05, 3.63) is 70.8 Å². The number of nitrogens with zero attached hydrogens (tertiary/aromatic N) is 2. The van der Waals surface area contributed by atoms with Gasteiger partial charge in [-0.1, -0.05) is 99.9 Å². The maximum atomic E-state index is 12.5. The van der Waals surface area contributed by atoms with Crippen molar-refractivity contribution in [1.29, 1.82) is 0 Å². The number of halogens is 3. The standard InChI is InChI=1S/C50H76N6O2.C2HF3O2/c57-49(53-39-23-19-37(20-24-39)31-35-55-45-27-28-46(55)42-16-10-9-15-41(42)45)51-33-13-7-5-3-1-2-4-6-8-14-34-52-50(58)54-40-25-21-38(22-26-40)32-36-56-47-29-30-48(56)44-18-12-11-17-43(44)47;3-2(4,5)1(6)7/h9-12,15-18,37-40,45-48H,1-8,13-14,19-36H2,(H2,51,53,57)(H2,52,54,58);(H,6,7)/t37?,38?,39?,40?,45-,46+,47-,48?;/m1./s1. The summed E-state index contributed by atoms with van der Waals surface area (Å²) in [5.41, 5.74) is 6.36. The van der Waals surface area contributed by atoms with Gasteiger partial charge in [-0.3, -0.25) is 9.80 Å². The van der Waals surface area contributed by atoms with Gasteiger partial charge < -0.3 is 26.4 Å². The van der Waals surface area contributed by atoms with Crippen molar-refractivity contribution < 1.29 is 32.7 Å². The van der Waals surface area contributed by atoms with Gasteiger partial charge in [-0.15, -0.1) is 0 Å². The minimum Gasteiger partial charge on any atom is -0.475 e. The number of amides is 4. The third-order valence-electron chi connectivity index (χ3n) is 15.8. The molecule has 5 N–H and O–H groups in total. The predicted molar refractivity (Wildman–Crippen MR) is 249 cm³/mol. The fraction of sp³-hybridized carbons (Fsp3) is 0.712. The molecule has 4 bridgehead atoms. The molecule has 2 saturated carbocycles. The van der Waals surface area contributed by atoms with E-state index < -0.39 is 12.1 Å². The smallest absolute Gasteiger partial charge is 0.475 e. The number of urea groups is 2. The van der Waals surface area contributed by atoms with E-state index in [1.807, 2.05) is 0 Å². The van der Waals surface area contributed by atoms with Gasteiger partial charge in [-0.25, -0.2) is 14.4 Å². The zero-order valence-electron chi connectivity index (χ0n) is 38.7. The molecule has 4 amide bonds. The Hall–Kier alpha value is -3.84. The van der Waals surface area contributed by atoms with Gasteiger partial charge in [0.1, 0.15) is 0 Å². The molecule has 360 valence electrons. The Balaban J connectivity index is 0.000000833. The minimum atomic E-state index is -5.08. The van der Waals surface area contributed by atoms with E-state index in [4.69, 9.17) is 9.90 Å². The first kappa shape index (κ1) is 49.1. The average molecular weight is 907 g/mol. The van der Waals surface area contributed by atoms with Crippen LogP contribution >= 0.6 is 0 Å². The summed E-state index contributed by atoms with van der Waals surface area (Å²) in [5, 5.41) is 19.9. The van der Waals surface area contributed by atoms with E-state index >= 15 is 0 Å². The maximum Gasteiger partial charge on any atom is 0.490 e. The van der Waals surface area contributed by atoms with Gasteiger partial charge >= 0.3 is 24.2 Å². The normalized spacial score (nSPS) is 26.8. The van der Waals surface area contributed by atoms with Gasteiger partial charge in [0.2, 0.25) is 0 Å². The van der Waals surface area contributed by atoms with Crippen LogP contribution in [0.15, 0.2) is 48.5 Å². The van der Waals surface area contributed by atoms with E-state index in [9.17, 15) is 22.8 Å². The van der Waals surface area contributed by atoms with Crippen LogP contribution in [0.2, 0.25) is 0 Å². The SMILES string of the molecule is O=C(NCCCCCCCCCCCCNC(=O)NC1CCC(CCN2[C@@H]3CC[C@H]2c2ccccc23)CC1)NC1CCC(CCN2C3CC[C@@H]2c2ccccc23)CC1.O=C(O)C(F)(F)F. The minimum absolute atomic E-state index is 0.0326. The van der Waals surface area contributed by atoms with Crippen LogP contribution in [0.5, 0.6) is 0 Å². The number of unbranched alkanes of at least 4 members (excludes halogenated alkanes) is 9. The van der Waals surface area contributed by atoms with E-state index in [0.29, 0.717) is 36.3 Å². The van der Waals surface area contributed by atoms with Gasteiger partial charge in [0, 0.05) is 49.3 Å². The molecule has 0 aromatic heterocycles. The average Bonchev–Trinajstić information content (AvgIpc) is 4.07. The van der Waals surface area contributed by atoms with Gasteiger partial charge in [-0.05, 0) is 150 Å². The Morgan fingerprint density at radius 3 is 1.08 bits per heavy atom. The van der Waals surface area contributed by atoms with Gasteiger partial charge in [0.05, 0.1) is 0 Å². The van der Waals surface area contributed by atoms with E-state index in [0.717, 1.165) is 63.5 Å². The number of nitrogens with one attached hydrogen (secondary N) is 4. The quantitative estimate of drug-likeness (QED) is 0.0795. The molecule has 4 heterocycles. The molecule has 2 saturated heterocycles. The molecule has 4 fully saturated rings. The molecule has 2 aliphatic carbocycles. The second-order valence-electron chi connectivity index (χ2n) is 20.1. The molecule has 4 atom stereocenters. The second-order valence-corrected chi connectivity index (χ2v) is 20.1. The summed E-state index contributed by atoms with van der Waals surface area (Å²) in [5.74, 6) is -1.15. The molecule has 4 aliphatic heterocycles. The van der Waals surface area contributed by atoms with E-state index in [2.05, 4.69) is 79.6 Å². The summed E-state index contributed by atoms with van der Waals surface area (Å²) in [6.07, 6.45) is 24.5. The van der Waals surface area contributed by atoms with Crippen molar-refractivity contribution in [2.24, 2.45) is 11.8 Å². The number of fused-ring (bicyclic) bond motifs is 10. The molecule has 6 aliphatic rings. The van der Waals surface area contributed by atoms with Crippen LogP contribution in [0.1, 0.15) is 201 Å². The van der Waals surface area contributed by atoms with Gasteiger partial charge in [0.15, 0.2) is 0 Å². The highest BCUT2D eigenvalue weighted by atomic mass is 19.4. The number of benzene rings is 2. The van der Waals surface area contributed by atoms with E-state index in [-0.39, 0.29) is 12.1 Å². The molecular weight excluding hydrogens is 830 g/mol. The number of carboxylic acids is 1. The Labute approximate surface area is 386 Å². The summed E-state index contributed by atoms with van der Waals surface area (Å²) in [7, 11) is 0. The van der Waals surface area contributed by atoms with Gasteiger partial charge in [-0.2, -0.15) is 13.2 Å². The molecular formula is C52H77F3N6O4. The fourth-order valence-electron chi connectivity index (χ4n) is 12.3. The third kappa shape index (κ3) is 13.9. The Morgan fingerprint density at radius 2 is 0.785 bits per heavy atom. The topological polar surface area (TPSA) is 126 Å². The largest absolute Gasteiger partial charge is 0.490 e. The van der Waals surface area contributed by atoms with Crippen molar-refractivity contribution in [3.8, 4) is 0 Å². The number of aliphatic carboxylic acids is 1. The van der Waals surface area contributed by atoms with Gasteiger partial charge in [0.25, 0.3) is 0 Å². The highest BCUT2D eigenvalue weighted by Gasteiger charge is 2.44. The number of hydrogen-bond acceptors (Lipinski definition) is 5. The van der Waals surface area contributed by atoms with Crippen LogP contribution in [0.3, 0.4) is 0 Å². The molecule has 65 heavy (non-hydrogen) atoms. The van der Waals surface area contributed by atoms with Crippen molar-refractivity contribution in [1.82, 2.24) is 31.1 Å². The Kier molecular flexibility index (Phi) is 18.3. The molecule has 0 spiro atoms. The third-order valence-corrected chi connectivity index (χ3v) is 15.8. The lowest BCUT2D eigenvalue weighted by Gasteiger charge is -2.31. The summed E-state index contributed by atoms with van der Waals surface area (Å²) in [6.45, 7) is 4.02. The number of carbonyl (C=O) groups excluding carboxylic acids is 2.